The Labute approximate surface area is 99.3 Å². The molecule has 0 aromatic heterocycles. The van der Waals surface area contributed by atoms with Crippen molar-refractivity contribution in [1.82, 2.24) is 0 Å². The Hall–Kier alpha value is -0.590. The summed E-state index contributed by atoms with van der Waals surface area (Å²) in [5.41, 5.74) is -0.226. The van der Waals surface area contributed by atoms with E-state index in [-0.39, 0.29) is 10.8 Å². The average Bonchev–Trinajstić information content (AvgIpc) is 2.50. The molecule has 0 N–H and O–H groups in total. The van der Waals surface area contributed by atoms with Crippen LogP contribution in [0.4, 0.5) is 0 Å². The third-order valence-electron chi connectivity index (χ3n) is 5.07. The van der Waals surface area contributed by atoms with Crippen LogP contribution in [-0.2, 0) is 4.79 Å². The van der Waals surface area contributed by atoms with Gasteiger partial charge in [0.25, 0.3) is 0 Å². The topological polar surface area (TPSA) is 17.1 Å². The lowest BCUT2D eigenvalue weighted by Crippen LogP contribution is -2.44. The molecule has 3 atom stereocenters. The number of Topliss-reactive ketones (excluding diaryl/α,β-unsaturated/α-hetero) is 1. The Morgan fingerprint density at radius 1 is 1.38 bits per heavy atom. The van der Waals surface area contributed by atoms with Crippen molar-refractivity contribution in [2.24, 2.45) is 22.7 Å². The van der Waals surface area contributed by atoms with Gasteiger partial charge in [-0.25, -0.2) is 0 Å². The number of hydrogen-bond acceptors (Lipinski definition) is 1. The van der Waals surface area contributed by atoms with Crippen LogP contribution < -0.4 is 0 Å². The molecule has 1 heteroatoms. The molecule has 1 fully saturated rings. The molecule has 0 radical (unpaired) electrons. The van der Waals surface area contributed by atoms with E-state index in [0.29, 0.717) is 17.6 Å². The summed E-state index contributed by atoms with van der Waals surface area (Å²) in [7, 11) is 0. The summed E-state index contributed by atoms with van der Waals surface area (Å²) in [6, 6.07) is 0. The Kier molecular flexibility index (Phi) is 2.76. The highest BCUT2D eigenvalue weighted by Crippen LogP contribution is 2.56. The summed E-state index contributed by atoms with van der Waals surface area (Å²) in [5, 5.41) is 0. The molecule has 0 heterocycles. The van der Waals surface area contributed by atoms with Gasteiger partial charge in [-0.15, -0.1) is 0 Å². The van der Waals surface area contributed by atoms with Crippen molar-refractivity contribution in [2.45, 2.75) is 53.4 Å². The van der Waals surface area contributed by atoms with Crippen molar-refractivity contribution in [2.75, 3.05) is 0 Å². The van der Waals surface area contributed by atoms with E-state index >= 15 is 0 Å². The molecule has 0 spiro atoms. The summed E-state index contributed by atoms with van der Waals surface area (Å²) >= 11 is 0. The van der Waals surface area contributed by atoms with E-state index in [2.05, 4.69) is 39.8 Å². The van der Waals surface area contributed by atoms with Crippen LogP contribution >= 0.6 is 0 Å². The molecular formula is C15H24O. The molecule has 2 aliphatic carbocycles. The zero-order chi connectivity index (χ0) is 12.0. The maximum Gasteiger partial charge on any atom is 0.145 e. The minimum Gasteiger partial charge on any atom is -0.298 e. The van der Waals surface area contributed by atoms with Gasteiger partial charge in [-0.3, -0.25) is 4.79 Å². The molecule has 2 aliphatic rings. The van der Waals surface area contributed by atoms with Gasteiger partial charge in [-0.2, -0.15) is 0 Å². The van der Waals surface area contributed by atoms with E-state index in [1.165, 1.54) is 12.8 Å². The van der Waals surface area contributed by atoms with Crippen molar-refractivity contribution < 1.29 is 4.79 Å². The molecule has 0 saturated heterocycles. The first kappa shape index (κ1) is 11.9. The number of carbonyl (C=O) groups excluding carboxylic acids is 1. The zero-order valence-corrected chi connectivity index (χ0v) is 11.0. The number of fused-ring (bicyclic) bond motifs is 1. The van der Waals surface area contributed by atoms with E-state index in [1.807, 2.05) is 0 Å². The SMILES string of the molecule is CC[C@@]12C(=O)C(C)(C)CC=C[C@@H]1CC[C@H]2C. The first-order valence-corrected chi connectivity index (χ1v) is 6.66. The Bertz CT molecular complexity index is 326. The van der Waals surface area contributed by atoms with Gasteiger partial charge in [0.15, 0.2) is 0 Å². The van der Waals surface area contributed by atoms with Gasteiger partial charge in [-0.05, 0) is 37.5 Å². The van der Waals surface area contributed by atoms with Crippen LogP contribution in [0.1, 0.15) is 53.4 Å². The largest absolute Gasteiger partial charge is 0.298 e. The highest BCUT2D eigenvalue weighted by molar-refractivity contribution is 5.91. The lowest BCUT2D eigenvalue weighted by molar-refractivity contribution is -0.141. The molecule has 0 aromatic rings. The summed E-state index contributed by atoms with van der Waals surface area (Å²) in [4.78, 5) is 12.9. The third kappa shape index (κ3) is 1.40. The van der Waals surface area contributed by atoms with Gasteiger partial charge in [0.05, 0.1) is 0 Å². The third-order valence-corrected chi connectivity index (χ3v) is 5.07. The summed E-state index contributed by atoms with van der Waals surface area (Å²) in [6.07, 6.45) is 8.91. The van der Waals surface area contributed by atoms with Crippen LogP contribution in [0, 0.1) is 22.7 Å². The highest BCUT2D eigenvalue weighted by atomic mass is 16.1. The second kappa shape index (κ2) is 3.72. The molecule has 0 unspecified atom stereocenters. The van der Waals surface area contributed by atoms with Gasteiger partial charge >= 0.3 is 0 Å². The van der Waals surface area contributed by atoms with E-state index in [9.17, 15) is 4.79 Å². The fraction of sp³-hybridized carbons (Fsp3) is 0.800. The molecular weight excluding hydrogens is 196 g/mol. The molecule has 1 nitrogen and oxygen atoms in total. The number of ketones is 1. The summed E-state index contributed by atoms with van der Waals surface area (Å²) in [6.45, 7) is 8.70. The van der Waals surface area contributed by atoms with Crippen molar-refractivity contribution in [1.29, 1.82) is 0 Å². The highest BCUT2D eigenvalue weighted by Gasteiger charge is 2.55. The minimum absolute atomic E-state index is 0.0590. The lowest BCUT2D eigenvalue weighted by Gasteiger charge is -2.40. The first-order chi connectivity index (χ1) is 7.45. The number of carbonyl (C=O) groups is 1. The molecule has 90 valence electrons. The number of hydrogen-bond donors (Lipinski definition) is 0. The monoisotopic (exact) mass is 220 g/mol. The standard InChI is InChI=1S/C15H24O/c1-5-15-11(2)8-9-12(15)7-6-10-14(3,4)13(15)16/h6-7,11-12H,5,8-10H2,1-4H3/t11-,12-,15+/m1/s1. The molecule has 1 saturated carbocycles. The Balaban J connectivity index is 2.50. The molecule has 0 amide bonds. The quantitative estimate of drug-likeness (QED) is 0.611. The molecule has 0 aliphatic heterocycles. The fourth-order valence-electron chi connectivity index (χ4n) is 3.99. The summed E-state index contributed by atoms with van der Waals surface area (Å²) < 4.78 is 0. The first-order valence-electron chi connectivity index (χ1n) is 6.66. The van der Waals surface area contributed by atoms with E-state index < -0.39 is 0 Å². The van der Waals surface area contributed by atoms with Crippen LogP contribution in [-0.4, -0.2) is 5.78 Å². The molecule has 0 aromatic carbocycles. The van der Waals surface area contributed by atoms with Gasteiger partial charge < -0.3 is 0 Å². The van der Waals surface area contributed by atoms with Crippen molar-refractivity contribution >= 4 is 5.78 Å². The predicted molar refractivity (Wildman–Crippen MR) is 67.2 cm³/mol. The average molecular weight is 220 g/mol. The normalized spacial score (nSPS) is 41.9. The van der Waals surface area contributed by atoms with Crippen LogP contribution in [0.3, 0.4) is 0 Å². The van der Waals surface area contributed by atoms with Crippen LogP contribution in [0.15, 0.2) is 12.2 Å². The Morgan fingerprint density at radius 2 is 2.06 bits per heavy atom. The van der Waals surface area contributed by atoms with E-state index in [0.717, 1.165) is 12.8 Å². The van der Waals surface area contributed by atoms with Gasteiger partial charge in [0, 0.05) is 10.8 Å². The maximum atomic E-state index is 12.9. The van der Waals surface area contributed by atoms with Gasteiger partial charge in [-0.1, -0.05) is 39.8 Å². The van der Waals surface area contributed by atoms with E-state index in [1.54, 1.807) is 0 Å². The van der Waals surface area contributed by atoms with Gasteiger partial charge in [0.2, 0.25) is 0 Å². The van der Waals surface area contributed by atoms with Crippen LogP contribution in [0.25, 0.3) is 0 Å². The summed E-state index contributed by atoms with van der Waals surface area (Å²) in [5.74, 6) is 1.57. The van der Waals surface area contributed by atoms with Crippen molar-refractivity contribution in [3.63, 3.8) is 0 Å². The van der Waals surface area contributed by atoms with Crippen molar-refractivity contribution in [3.05, 3.63) is 12.2 Å². The van der Waals surface area contributed by atoms with Crippen molar-refractivity contribution in [3.8, 4) is 0 Å². The number of allylic oxidation sites excluding steroid dienone is 2. The molecule has 0 bridgehead atoms. The maximum absolute atomic E-state index is 12.9. The second-order valence-electron chi connectivity index (χ2n) is 6.32. The zero-order valence-electron chi connectivity index (χ0n) is 11.0. The fourth-order valence-corrected chi connectivity index (χ4v) is 3.99. The minimum atomic E-state index is -0.167. The van der Waals surface area contributed by atoms with Crippen LogP contribution in [0.2, 0.25) is 0 Å². The Morgan fingerprint density at radius 3 is 2.69 bits per heavy atom. The predicted octanol–water partition coefficient (Wildman–Crippen LogP) is 3.98. The lowest BCUT2D eigenvalue weighted by atomic mass is 9.62. The number of rotatable bonds is 1. The van der Waals surface area contributed by atoms with E-state index in [4.69, 9.17) is 0 Å². The second-order valence-corrected chi connectivity index (χ2v) is 6.32. The molecule has 2 rings (SSSR count). The molecule has 16 heavy (non-hydrogen) atoms. The van der Waals surface area contributed by atoms with Gasteiger partial charge in [0.1, 0.15) is 5.78 Å². The van der Waals surface area contributed by atoms with Crippen LogP contribution in [0.5, 0.6) is 0 Å². The smallest absolute Gasteiger partial charge is 0.145 e.